The molecule has 358 valence electrons. The van der Waals surface area contributed by atoms with Crippen molar-refractivity contribution < 1.29 is 39.8 Å². The Labute approximate surface area is 370 Å². The zero-order chi connectivity index (χ0) is 43.7. The number of unbranched alkanes of at least 4 members (excludes halogenated alkanes) is 35. The van der Waals surface area contributed by atoms with Crippen molar-refractivity contribution >= 4 is 5.91 Å². The van der Waals surface area contributed by atoms with Gasteiger partial charge >= 0.3 is 0 Å². The second kappa shape index (κ2) is 42.2. The van der Waals surface area contributed by atoms with Crippen LogP contribution in [0, 0.1) is 0 Å². The molecule has 0 aromatic carbocycles. The third kappa shape index (κ3) is 31.9. The van der Waals surface area contributed by atoms with Crippen molar-refractivity contribution in [3.05, 3.63) is 0 Å². The number of hydrogen-bond donors (Lipinski definition) is 6. The second-order valence-corrected chi connectivity index (χ2v) is 18.7. The monoisotopic (exact) mass is 856 g/mol. The molecule has 1 fully saturated rings. The molecule has 9 nitrogen and oxygen atoms in total. The maximum atomic E-state index is 13.0. The van der Waals surface area contributed by atoms with Crippen LogP contribution in [-0.4, -0.2) is 87.5 Å². The first-order chi connectivity index (χ1) is 29.3. The highest BCUT2D eigenvalue weighted by Gasteiger charge is 2.44. The molecule has 7 atom stereocenters. The first-order valence-electron chi connectivity index (χ1n) is 26.2. The summed E-state index contributed by atoms with van der Waals surface area (Å²) in [6.07, 6.45) is 41.1. The van der Waals surface area contributed by atoms with Gasteiger partial charge in [-0.2, -0.15) is 0 Å². The average molecular weight is 856 g/mol. The average Bonchev–Trinajstić information content (AvgIpc) is 3.25. The van der Waals surface area contributed by atoms with Gasteiger partial charge in [-0.3, -0.25) is 4.79 Å². The Morgan fingerprint density at radius 3 is 1.18 bits per heavy atom. The SMILES string of the molecule is CCCCCCCCCCCCCCCCCCCCCCCC(=O)N[C@@H](CO[C@H]1O[C@@H](CO)[C@H](O)C(O)C1O)[C@H](O)CCCCCCCCCCCCCCCCCC. The summed E-state index contributed by atoms with van der Waals surface area (Å²) in [5, 5.41) is 54.5. The van der Waals surface area contributed by atoms with E-state index in [2.05, 4.69) is 19.2 Å². The lowest BCUT2D eigenvalue weighted by molar-refractivity contribution is -0.302. The van der Waals surface area contributed by atoms with E-state index < -0.39 is 49.5 Å². The molecule has 9 heteroatoms. The van der Waals surface area contributed by atoms with Crippen LogP contribution >= 0.6 is 0 Å². The van der Waals surface area contributed by atoms with Crippen LogP contribution in [0.25, 0.3) is 0 Å². The molecule has 1 rings (SSSR count). The summed E-state index contributed by atoms with van der Waals surface area (Å²) in [7, 11) is 0. The minimum Gasteiger partial charge on any atom is -0.394 e. The lowest BCUT2D eigenvalue weighted by Gasteiger charge is -2.40. The standard InChI is InChI=1S/C51H101NO8/c1-3-5-7-9-11-13-15-17-19-21-22-23-24-25-27-29-31-33-35-37-39-41-47(55)52-44(43-59-51-50(58)49(57)48(56)46(42-53)60-51)45(54)40-38-36-34-32-30-28-26-20-18-16-14-12-10-8-6-4-2/h44-46,48-51,53-54,56-58H,3-43H2,1-2H3,(H,52,55)/t44-,45+,46-,48-,49?,50?,51-/m0/s1. The highest BCUT2D eigenvalue weighted by atomic mass is 16.7. The van der Waals surface area contributed by atoms with Gasteiger partial charge < -0.3 is 40.3 Å². The zero-order valence-electron chi connectivity index (χ0n) is 39.5. The number of hydrogen-bond acceptors (Lipinski definition) is 8. The molecule has 0 bridgehead atoms. The van der Waals surface area contributed by atoms with Gasteiger partial charge in [0.25, 0.3) is 0 Å². The molecular formula is C51H101NO8. The zero-order valence-corrected chi connectivity index (χ0v) is 39.5. The van der Waals surface area contributed by atoms with Crippen LogP contribution < -0.4 is 5.32 Å². The summed E-state index contributed by atoms with van der Waals surface area (Å²) in [5.74, 6) is -0.138. The maximum absolute atomic E-state index is 13.0. The van der Waals surface area contributed by atoms with Gasteiger partial charge in [0.2, 0.25) is 5.91 Å². The normalized spacial score (nSPS) is 20.4. The largest absolute Gasteiger partial charge is 0.394 e. The fraction of sp³-hybridized carbons (Fsp3) is 0.980. The topological polar surface area (TPSA) is 149 Å². The molecule has 1 aliphatic heterocycles. The number of nitrogens with one attached hydrogen (secondary N) is 1. The van der Waals surface area contributed by atoms with Gasteiger partial charge in [0.15, 0.2) is 6.29 Å². The van der Waals surface area contributed by atoms with Crippen molar-refractivity contribution in [2.24, 2.45) is 0 Å². The van der Waals surface area contributed by atoms with Gasteiger partial charge in [0, 0.05) is 6.42 Å². The molecule has 1 aliphatic rings. The van der Waals surface area contributed by atoms with Crippen LogP contribution in [0.15, 0.2) is 0 Å². The Morgan fingerprint density at radius 1 is 0.500 bits per heavy atom. The fourth-order valence-corrected chi connectivity index (χ4v) is 8.75. The van der Waals surface area contributed by atoms with Crippen molar-refractivity contribution in [3.63, 3.8) is 0 Å². The molecule has 0 aromatic rings. The maximum Gasteiger partial charge on any atom is 0.220 e. The number of carbonyl (C=O) groups excluding carboxylic acids is 1. The van der Waals surface area contributed by atoms with Crippen LogP contribution in [0.1, 0.15) is 264 Å². The Hall–Kier alpha value is -0.810. The molecule has 60 heavy (non-hydrogen) atoms. The van der Waals surface area contributed by atoms with E-state index in [9.17, 15) is 30.3 Å². The van der Waals surface area contributed by atoms with Crippen LogP contribution in [0.3, 0.4) is 0 Å². The second-order valence-electron chi connectivity index (χ2n) is 18.7. The summed E-state index contributed by atoms with van der Waals surface area (Å²) in [5.41, 5.74) is 0. The molecule has 0 saturated carbocycles. The van der Waals surface area contributed by atoms with Gasteiger partial charge in [-0.05, 0) is 12.8 Å². The van der Waals surface area contributed by atoms with Crippen LogP contribution in [0.2, 0.25) is 0 Å². The number of ether oxygens (including phenoxy) is 2. The minimum absolute atomic E-state index is 0.131. The van der Waals surface area contributed by atoms with E-state index in [1.54, 1.807) is 0 Å². The third-order valence-electron chi connectivity index (χ3n) is 13.0. The highest BCUT2D eigenvalue weighted by Crippen LogP contribution is 2.23. The summed E-state index contributed by atoms with van der Waals surface area (Å²) in [6, 6.07) is -0.712. The fourth-order valence-electron chi connectivity index (χ4n) is 8.75. The van der Waals surface area contributed by atoms with E-state index in [1.165, 1.54) is 199 Å². The molecule has 0 radical (unpaired) electrons. The molecule has 0 aliphatic carbocycles. The number of aliphatic hydroxyl groups excluding tert-OH is 5. The molecule has 0 aromatic heterocycles. The smallest absolute Gasteiger partial charge is 0.220 e. The van der Waals surface area contributed by atoms with Crippen LogP contribution in [0.4, 0.5) is 0 Å². The van der Waals surface area contributed by atoms with Crippen molar-refractivity contribution in [1.82, 2.24) is 5.32 Å². The van der Waals surface area contributed by atoms with E-state index >= 15 is 0 Å². The van der Waals surface area contributed by atoms with Crippen molar-refractivity contribution in [2.45, 2.75) is 307 Å². The Morgan fingerprint density at radius 2 is 0.833 bits per heavy atom. The van der Waals surface area contributed by atoms with Gasteiger partial charge in [0.1, 0.15) is 24.4 Å². The van der Waals surface area contributed by atoms with Gasteiger partial charge in [-0.15, -0.1) is 0 Å². The predicted molar refractivity (Wildman–Crippen MR) is 249 cm³/mol. The number of amides is 1. The summed E-state index contributed by atoms with van der Waals surface area (Å²) in [4.78, 5) is 13.0. The minimum atomic E-state index is -1.55. The van der Waals surface area contributed by atoms with Gasteiger partial charge in [-0.1, -0.05) is 245 Å². The first kappa shape index (κ1) is 57.2. The molecule has 1 amide bonds. The molecule has 1 saturated heterocycles. The lowest BCUT2D eigenvalue weighted by Crippen LogP contribution is -2.60. The number of aliphatic hydroxyl groups is 5. The number of rotatable bonds is 45. The third-order valence-corrected chi connectivity index (χ3v) is 13.0. The van der Waals surface area contributed by atoms with Crippen molar-refractivity contribution in [2.75, 3.05) is 13.2 Å². The quantitative estimate of drug-likeness (QED) is 0.0332. The Kier molecular flexibility index (Phi) is 40.2. The Balaban J connectivity index is 2.23. The molecule has 6 N–H and O–H groups in total. The lowest BCUT2D eigenvalue weighted by atomic mass is 9.99. The summed E-state index contributed by atoms with van der Waals surface area (Å²) in [6.45, 7) is 3.87. The van der Waals surface area contributed by atoms with E-state index in [1.807, 2.05) is 0 Å². The van der Waals surface area contributed by atoms with Crippen LogP contribution in [0.5, 0.6) is 0 Å². The summed E-state index contributed by atoms with van der Waals surface area (Å²) >= 11 is 0. The highest BCUT2D eigenvalue weighted by molar-refractivity contribution is 5.76. The van der Waals surface area contributed by atoms with Gasteiger partial charge in [-0.25, -0.2) is 0 Å². The molecule has 1 heterocycles. The van der Waals surface area contributed by atoms with Crippen molar-refractivity contribution in [3.8, 4) is 0 Å². The predicted octanol–water partition coefficient (Wildman–Crippen LogP) is 11.9. The first-order valence-corrected chi connectivity index (χ1v) is 26.2. The number of carbonyl (C=O) groups is 1. The molecular weight excluding hydrogens is 755 g/mol. The Bertz CT molecular complexity index is 908. The van der Waals surface area contributed by atoms with E-state index in [-0.39, 0.29) is 12.5 Å². The van der Waals surface area contributed by atoms with Crippen molar-refractivity contribution in [1.29, 1.82) is 0 Å². The molecule has 2 unspecified atom stereocenters. The van der Waals surface area contributed by atoms with E-state index in [4.69, 9.17) is 9.47 Å². The summed E-state index contributed by atoms with van der Waals surface area (Å²) < 4.78 is 11.3. The molecule has 0 spiro atoms. The van der Waals surface area contributed by atoms with E-state index in [0.717, 1.165) is 38.5 Å². The van der Waals surface area contributed by atoms with Crippen LogP contribution in [-0.2, 0) is 14.3 Å². The van der Waals surface area contributed by atoms with Gasteiger partial charge in [0.05, 0.1) is 25.4 Å². The van der Waals surface area contributed by atoms with E-state index in [0.29, 0.717) is 12.8 Å².